The zero-order chi connectivity index (χ0) is 25.4. The Morgan fingerprint density at radius 1 is 0.722 bits per heavy atom. The summed E-state index contributed by atoms with van der Waals surface area (Å²) in [6.07, 6.45) is -0.728. The van der Waals surface area contributed by atoms with Gasteiger partial charge in [0.1, 0.15) is 11.3 Å². The minimum atomic E-state index is -0.731. The van der Waals surface area contributed by atoms with Gasteiger partial charge in [-0.2, -0.15) is 0 Å². The number of methoxy groups -OCH3 is 1. The van der Waals surface area contributed by atoms with E-state index < -0.39 is 17.7 Å². The van der Waals surface area contributed by atoms with Crippen LogP contribution in [-0.4, -0.2) is 24.8 Å². The van der Waals surface area contributed by atoms with Crippen LogP contribution in [0.15, 0.2) is 90.6 Å². The van der Waals surface area contributed by atoms with Crippen molar-refractivity contribution in [3.63, 3.8) is 0 Å². The van der Waals surface area contributed by atoms with Crippen LogP contribution >= 0.6 is 0 Å². The largest absolute Gasteiger partial charge is 0.464 e. The molecule has 0 fully saturated rings. The van der Waals surface area contributed by atoms with Crippen molar-refractivity contribution in [1.82, 2.24) is 5.32 Å². The molecule has 1 N–H and O–H groups in total. The first-order valence-corrected chi connectivity index (χ1v) is 11.8. The predicted molar refractivity (Wildman–Crippen MR) is 144 cm³/mol. The Morgan fingerprint density at radius 3 is 1.97 bits per heavy atom. The van der Waals surface area contributed by atoms with Gasteiger partial charge in [0.2, 0.25) is 0 Å². The molecule has 0 saturated heterocycles. The molecule has 0 aromatic heterocycles. The van der Waals surface area contributed by atoms with Crippen LogP contribution in [-0.2, 0) is 14.3 Å². The van der Waals surface area contributed by atoms with Crippen LogP contribution in [0.1, 0.15) is 31.9 Å². The lowest BCUT2D eigenvalue weighted by Gasteiger charge is -2.22. The van der Waals surface area contributed by atoms with Gasteiger partial charge in [0.05, 0.1) is 7.11 Å². The zero-order valence-electron chi connectivity index (χ0n) is 20.7. The fourth-order valence-electron chi connectivity index (χ4n) is 4.72. The molecule has 0 atom stereocenters. The first-order valence-electron chi connectivity index (χ1n) is 11.8. The Morgan fingerprint density at radius 2 is 1.33 bits per heavy atom. The fraction of sp³-hybridized carbons (Fsp3) is 0.161. The molecular weight excluding hydrogens is 450 g/mol. The molecule has 0 unspecified atom stereocenters. The summed E-state index contributed by atoms with van der Waals surface area (Å²) in [6.45, 7) is 5.31. The number of hydrogen-bond acceptors (Lipinski definition) is 4. The van der Waals surface area contributed by atoms with Gasteiger partial charge in [0.25, 0.3) is 0 Å². The highest BCUT2D eigenvalue weighted by Gasteiger charge is 2.26. The number of amides is 1. The molecule has 0 radical (unpaired) electrons. The number of ether oxygens (including phenoxy) is 2. The second-order valence-corrected chi connectivity index (χ2v) is 9.70. The number of benzene rings is 5. The molecule has 0 spiro atoms. The standard InChI is InChI=1S/C31H27NO4/c1-31(2,3)36-30(34)32-28(29(33)35-4)27(19-9-6-5-7-10-19)24-18-16-22-14-13-20-11-8-12-21-15-17-23(24)26(22)25(20)21/h5-18H,1-4H3,(H,32,34)/b28-27+. The molecule has 0 aliphatic rings. The van der Waals surface area contributed by atoms with Gasteiger partial charge in [-0.05, 0) is 64.2 Å². The number of nitrogens with one attached hydrogen (secondary N) is 1. The molecule has 0 saturated carbocycles. The van der Waals surface area contributed by atoms with Gasteiger partial charge in [-0.25, -0.2) is 9.59 Å². The molecule has 180 valence electrons. The Hall–Kier alpha value is -4.38. The first-order chi connectivity index (χ1) is 17.3. The lowest BCUT2D eigenvalue weighted by Crippen LogP contribution is -2.35. The molecule has 36 heavy (non-hydrogen) atoms. The van der Waals surface area contributed by atoms with Crippen molar-refractivity contribution in [3.05, 3.63) is 102 Å². The monoisotopic (exact) mass is 477 g/mol. The highest BCUT2D eigenvalue weighted by Crippen LogP contribution is 2.40. The maximum Gasteiger partial charge on any atom is 0.412 e. The van der Waals surface area contributed by atoms with Crippen molar-refractivity contribution < 1.29 is 19.1 Å². The van der Waals surface area contributed by atoms with Gasteiger partial charge in [-0.1, -0.05) is 84.9 Å². The molecule has 0 heterocycles. The summed E-state index contributed by atoms with van der Waals surface area (Å²) in [5.74, 6) is -0.662. The average Bonchev–Trinajstić information content (AvgIpc) is 2.86. The van der Waals surface area contributed by atoms with Crippen molar-refractivity contribution in [2.24, 2.45) is 0 Å². The van der Waals surface area contributed by atoms with E-state index in [-0.39, 0.29) is 5.70 Å². The minimum Gasteiger partial charge on any atom is -0.464 e. The van der Waals surface area contributed by atoms with E-state index in [9.17, 15) is 9.59 Å². The van der Waals surface area contributed by atoms with Gasteiger partial charge in [0.15, 0.2) is 0 Å². The lowest BCUT2D eigenvalue weighted by molar-refractivity contribution is -0.136. The topological polar surface area (TPSA) is 64.6 Å². The van der Waals surface area contributed by atoms with Crippen LogP contribution in [0, 0.1) is 0 Å². The summed E-state index contributed by atoms with van der Waals surface area (Å²) in [5, 5.41) is 9.34. The summed E-state index contributed by atoms with van der Waals surface area (Å²) in [4.78, 5) is 25.9. The maximum atomic E-state index is 13.1. The Balaban J connectivity index is 1.84. The van der Waals surface area contributed by atoms with Crippen LogP contribution < -0.4 is 5.32 Å². The molecular formula is C31H27NO4. The van der Waals surface area contributed by atoms with E-state index in [2.05, 4.69) is 53.8 Å². The smallest absolute Gasteiger partial charge is 0.412 e. The number of alkyl carbamates (subject to hydrolysis) is 1. The normalized spacial score (nSPS) is 12.6. The van der Waals surface area contributed by atoms with E-state index in [1.165, 1.54) is 12.5 Å². The summed E-state index contributed by atoms with van der Waals surface area (Å²) in [7, 11) is 1.30. The van der Waals surface area contributed by atoms with Gasteiger partial charge in [0, 0.05) is 5.57 Å². The van der Waals surface area contributed by atoms with Gasteiger partial charge >= 0.3 is 12.1 Å². The molecule has 5 heteroatoms. The average molecular weight is 478 g/mol. The van der Waals surface area contributed by atoms with Crippen molar-refractivity contribution in [3.8, 4) is 0 Å². The quantitative estimate of drug-likeness (QED) is 0.171. The Bertz CT molecular complexity index is 1610. The second-order valence-electron chi connectivity index (χ2n) is 9.70. The van der Waals surface area contributed by atoms with Crippen LogP contribution in [0.25, 0.3) is 37.9 Å². The summed E-state index contributed by atoms with van der Waals surface area (Å²) in [5.41, 5.74) is 1.43. The number of carbonyl (C=O) groups is 2. The molecule has 0 aliphatic heterocycles. The van der Waals surface area contributed by atoms with Crippen LogP contribution in [0.2, 0.25) is 0 Å². The number of esters is 1. The van der Waals surface area contributed by atoms with E-state index in [1.807, 2.05) is 36.4 Å². The summed E-state index contributed by atoms with van der Waals surface area (Å²) < 4.78 is 10.6. The number of rotatable bonds is 4. The molecule has 5 rings (SSSR count). The Labute approximate surface area is 209 Å². The molecule has 0 aliphatic carbocycles. The van der Waals surface area contributed by atoms with Crippen molar-refractivity contribution >= 4 is 50.0 Å². The van der Waals surface area contributed by atoms with E-state index in [0.717, 1.165) is 38.1 Å². The molecule has 5 nitrogen and oxygen atoms in total. The highest BCUT2D eigenvalue weighted by molar-refractivity contribution is 6.25. The lowest BCUT2D eigenvalue weighted by atomic mass is 9.87. The Kier molecular flexibility index (Phi) is 5.84. The molecule has 5 aromatic carbocycles. The highest BCUT2D eigenvalue weighted by atomic mass is 16.6. The molecule has 5 aromatic rings. The van der Waals surface area contributed by atoms with E-state index >= 15 is 0 Å². The van der Waals surface area contributed by atoms with Crippen molar-refractivity contribution in [1.29, 1.82) is 0 Å². The van der Waals surface area contributed by atoms with Crippen LogP contribution in [0.4, 0.5) is 4.79 Å². The van der Waals surface area contributed by atoms with E-state index in [1.54, 1.807) is 20.8 Å². The number of carbonyl (C=O) groups excluding carboxylic acids is 2. The number of hydrogen-bond donors (Lipinski definition) is 1. The molecule has 1 amide bonds. The zero-order valence-corrected chi connectivity index (χ0v) is 20.7. The summed E-state index contributed by atoms with van der Waals surface area (Å²) >= 11 is 0. The van der Waals surface area contributed by atoms with E-state index in [0.29, 0.717) is 5.57 Å². The first kappa shape index (κ1) is 23.4. The SMILES string of the molecule is COC(=O)/C(NC(=O)OC(C)(C)C)=C(/c1ccccc1)c1ccc2ccc3cccc4ccc1c2c34. The summed E-state index contributed by atoms with van der Waals surface area (Å²) in [6, 6.07) is 28.2. The van der Waals surface area contributed by atoms with Crippen LogP contribution in [0.3, 0.4) is 0 Å². The van der Waals surface area contributed by atoms with Crippen molar-refractivity contribution in [2.75, 3.05) is 7.11 Å². The fourth-order valence-corrected chi connectivity index (χ4v) is 4.72. The molecule has 0 bridgehead atoms. The van der Waals surface area contributed by atoms with Gasteiger partial charge in [-0.15, -0.1) is 0 Å². The van der Waals surface area contributed by atoms with Gasteiger partial charge in [-0.3, -0.25) is 5.32 Å². The third-order valence-electron chi connectivity index (χ3n) is 6.13. The third-order valence-corrected chi connectivity index (χ3v) is 6.13. The van der Waals surface area contributed by atoms with Crippen LogP contribution in [0.5, 0.6) is 0 Å². The third kappa shape index (κ3) is 4.24. The van der Waals surface area contributed by atoms with Crippen molar-refractivity contribution in [2.45, 2.75) is 26.4 Å². The van der Waals surface area contributed by atoms with Gasteiger partial charge < -0.3 is 9.47 Å². The predicted octanol–water partition coefficient (Wildman–Crippen LogP) is 7.04. The second kappa shape index (κ2) is 9.00. The van der Waals surface area contributed by atoms with E-state index in [4.69, 9.17) is 9.47 Å². The maximum absolute atomic E-state index is 13.1. The minimum absolute atomic E-state index is 0.0213.